The Bertz CT molecular complexity index is 405. The molecular formula is C9H12N4. The smallest absolute Gasteiger partial charge is 0.153 e. The standard InChI is InChI=1S/C9H12N4/c1-7(2)11-8-3-4-9-10-5-6-13(9)12-8/h3-7H,1-2H3,(H,11,12). The van der Waals surface area contributed by atoms with Crippen molar-refractivity contribution in [3.63, 3.8) is 0 Å². The monoisotopic (exact) mass is 176 g/mol. The fourth-order valence-electron chi connectivity index (χ4n) is 1.19. The average Bonchev–Trinajstić information content (AvgIpc) is 2.49. The summed E-state index contributed by atoms with van der Waals surface area (Å²) in [4.78, 5) is 4.11. The van der Waals surface area contributed by atoms with Gasteiger partial charge >= 0.3 is 0 Å². The van der Waals surface area contributed by atoms with Crippen molar-refractivity contribution in [2.45, 2.75) is 19.9 Å². The molecule has 0 aliphatic heterocycles. The van der Waals surface area contributed by atoms with Crippen LogP contribution in [-0.2, 0) is 0 Å². The average molecular weight is 176 g/mol. The molecule has 0 radical (unpaired) electrons. The van der Waals surface area contributed by atoms with Crippen LogP contribution in [0.15, 0.2) is 24.5 Å². The van der Waals surface area contributed by atoms with Gasteiger partial charge in [-0.2, -0.15) is 0 Å². The van der Waals surface area contributed by atoms with Gasteiger partial charge in [0.1, 0.15) is 5.82 Å². The minimum atomic E-state index is 0.397. The lowest BCUT2D eigenvalue weighted by Crippen LogP contribution is -2.11. The van der Waals surface area contributed by atoms with Crippen LogP contribution in [0.1, 0.15) is 13.8 Å². The van der Waals surface area contributed by atoms with E-state index in [0.717, 1.165) is 11.5 Å². The van der Waals surface area contributed by atoms with Gasteiger partial charge in [-0.25, -0.2) is 9.50 Å². The molecule has 2 aromatic heterocycles. The molecule has 13 heavy (non-hydrogen) atoms. The number of hydrogen-bond acceptors (Lipinski definition) is 3. The third-order valence-electron chi connectivity index (χ3n) is 1.69. The maximum atomic E-state index is 4.32. The van der Waals surface area contributed by atoms with Crippen LogP contribution in [0.2, 0.25) is 0 Å². The second kappa shape index (κ2) is 3.05. The van der Waals surface area contributed by atoms with Gasteiger partial charge in [0.15, 0.2) is 5.65 Å². The number of rotatable bonds is 2. The van der Waals surface area contributed by atoms with E-state index in [4.69, 9.17) is 0 Å². The molecular weight excluding hydrogens is 164 g/mol. The molecule has 0 saturated carbocycles. The van der Waals surface area contributed by atoms with Gasteiger partial charge in [0.05, 0.1) is 0 Å². The maximum absolute atomic E-state index is 4.32. The minimum absolute atomic E-state index is 0.397. The number of anilines is 1. The second-order valence-electron chi connectivity index (χ2n) is 3.25. The second-order valence-corrected chi connectivity index (χ2v) is 3.25. The van der Waals surface area contributed by atoms with E-state index in [1.165, 1.54) is 0 Å². The summed E-state index contributed by atoms with van der Waals surface area (Å²) in [5.41, 5.74) is 0.870. The van der Waals surface area contributed by atoms with Crippen molar-refractivity contribution in [3.05, 3.63) is 24.5 Å². The van der Waals surface area contributed by atoms with Gasteiger partial charge in [-0.1, -0.05) is 0 Å². The van der Waals surface area contributed by atoms with Crippen LogP contribution in [0.3, 0.4) is 0 Å². The first-order valence-corrected chi connectivity index (χ1v) is 4.32. The Hall–Kier alpha value is -1.58. The summed E-state index contributed by atoms with van der Waals surface area (Å²) < 4.78 is 1.75. The van der Waals surface area contributed by atoms with Crippen LogP contribution < -0.4 is 5.32 Å². The first-order chi connectivity index (χ1) is 6.25. The van der Waals surface area contributed by atoms with E-state index in [2.05, 4.69) is 29.2 Å². The Morgan fingerprint density at radius 2 is 2.23 bits per heavy atom. The van der Waals surface area contributed by atoms with Crippen molar-refractivity contribution in [1.82, 2.24) is 14.6 Å². The molecule has 0 aliphatic rings. The fourth-order valence-corrected chi connectivity index (χ4v) is 1.19. The molecule has 2 heterocycles. The van der Waals surface area contributed by atoms with Crippen molar-refractivity contribution in [2.75, 3.05) is 5.32 Å². The molecule has 0 atom stereocenters. The fraction of sp³-hybridized carbons (Fsp3) is 0.333. The first-order valence-electron chi connectivity index (χ1n) is 4.32. The number of nitrogens with one attached hydrogen (secondary N) is 1. The molecule has 0 amide bonds. The minimum Gasteiger partial charge on any atom is -0.366 e. The van der Waals surface area contributed by atoms with Gasteiger partial charge in [-0.05, 0) is 26.0 Å². The van der Waals surface area contributed by atoms with Gasteiger partial charge in [-0.15, -0.1) is 5.10 Å². The van der Waals surface area contributed by atoms with Gasteiger partial charge < -0.3 is 5.32 Å². The van der Waals surface area contributed by atoms with Crippen LogP contribution in [0.4, 0.5) is 5.82 Å². The molecule has 1 N–H and O–H groups in total. The SMILES string of the molecule is CC(C)Nc1ccc2nccn2n1. The van der Waals surface area contributed by atoms with Crippen molar-refractivity contribution >= 4 is 11.5 Å². The molecule has 68 valence electrons. The van der Waals surface area contributed by atoms with Crippen LogP contribution in [0, 0.1) is 0 Å². The van der Waals surface area contributed by atoms with Crippen LogP contribution >= 0.6 is 0 Å². The van der Waals surface area contributed by atoms with Gasteiger partial charge in [0.25, 0.3) is 0 Å². The topological polar surface area (TPSA) is 42.2 Å². The highest BCUT2D eigenvalue weighted by Gasteiger charge is 1.98. The van der Waals surface area contributed by atoms with E-state index in [9.17, 15) is 0 Å². The molecule has 0 bridgehead atoms. The normalized spacial score (nSPS) is 11.0. The molecule has 0 unspecified atom stereocenters. The number of imidazole rings is 1. The zero-order chi connectivity index (χ0) is 9.26. The van der Waals surface area contributed by atoms with Crippen LogP contribution in [0.5, 0.6) is 0 Å². The Labute approximate surface area is 76.6 Å². The molecule has 0 aliphatic carbocycles. The van der Waals surface area contributed by atoms with Crippen LogP contribution in [0.25, 0.3) is 5.65 Å². The predicted octanol–water partition coefficient (Wildman–Crippen LogP) is 1.55. The van der Waals surface area contributed by atoms with Gasteiger partial charge in [0, 0.05) is 18.4 Å². The third kappa shape index (κ3) is 1.61. The summed E-state index contributed by atoms with van der Waals surface area (Å²) >= 11 is 0. The zero-order valence-electron chi connectivity index (χ0n) is 7.73. The van der Waals surface area contributed by atoms with Crippen molar-refractivity contribution in [1.29, 1.82) is 0 Å². The summed E-state index contributed by atoms with van der Waals surface area (Å²) in [6.07, 6.45) is 3.57. The van der Waals surface area contributed by atoms with E-state index in [1.807, 2.05) is 18.3 Å². The third-order valence-corrected chi connectivity index (χ3v) is 1.69. The highest BCUT2D eigenvalue weighted by molar-refractivity contribution is 5.44. The molecule has 0 fully saturated rings. The number of fused-ring (bicyclic) bond motifs is 1. The highest BCUT2D eigenvalue weighted by atomic mass is 15.3. The maximum Gasteiger partial charge on any atom is 0.153 e. The first kappa shape index (κ1) is 8.04. The summed E-state index contributed by atoms with van der Waals surface area (Å²) in [5, 5.41) is 7.55. The Morgan fingerprint density at radius 1 is 1.38 bits per heavy atom. The van der Waals surface area contributed by atoms with E-state index in [0.29, 0.717) is 6.04 Å². The van der Waals surface area contributed by atoms with Crippen LogP contribution in [-0.4, -0.2) is 20.6 Å². The van der Waals surface area contributed by atoms with Crippen molar-refractivity contribution in [3.8, 4) is 0 Å². The van der Waals surface area contributed by atoms with Crippen molar-refractivity contribution in [2.24, 2.45) is 0 Å². The van der Waals surface area contributed by atoms with E-state index in [1.54, 1.807) is 10.7 Å². The Balaban J connectivity index is 2.37. The zero-order valence-corrected chi connectivity index (χ0v) is 7.73. The summed E-state index contributed by atoms with van der Waals surface area (Å²) in [6.45, 7) is 4.17. The van der Waals surface area contributed by atoms with E-state index >= 15 is 0 Å². The van der Waals surface area contributed by atoms with Gasteiger partial charge in [-0.3, -0.25) is 0 Å². The number of hydrogen-bond donors (Lipinski definition) is 1. The highest BCUT2D eigenvalue weighted by Crippen LogP contribution is 2.05. The molecule has 2 aromatic rings. The molecule has 0 aromatic carbocycles. The largest absolute Gasteiger partial charge is 0.366 e. The predicted molar refractivity (Wildman–Crippen MR) is 51.7 cm³/mol. The molecule has 4 nitrogen and oxygen atoms in total. The Kier molecular flexibility index (Phi) is 1.88. The van der Waals surface area contributed by atoms with E-state index < -0.39 is 0 Å². The van der Waals surface area contributed by atoms with E-state index in [-0.39, 0.29) is 0 Å². The van der Waals surface area contributed by atoms with Crippen molar-refractivity contribution < 1.29 is 0 Å². The Morgan fingerprint density at radius 3 is 3.00 bits per heavy atom. The van der Waals surface area contributed by atoms with Gasteiger partial charge in [0.2, 0.25) is 0 Å². The summed E-state index contributed by atoms with van der Waals surface area (Å²) in [6, 6.07) is 4.27. The molecule has 2 rings (SSSR count). The summed E-state index contributed by atoms with van der Waals surface area (Å²) in [7, 11) is 0. The lowest BCUT2D eigenvalue weighted by molar-refractivity contribution is 0.857. The lowest BCUT2D eigenvalue weighted by atomic mass is 10.4. The summed E-state index contributed by atoms with van der Waals surface area (Å²) in [5.74, 6) is 0.875. The quantitative estimate of drug-likeness (QED) is 0.754. The lowest BCUT2D eigenvalue weighted by Gasteiger charge is -2.08. The molecule has 0 spiro atoms. The number of aromatic nitrogens is 3. The molecule has 0 saturated heterocycles. The molecule has 4 heteroatoms. The number of nitrogens with zero attached hydrogens (tertiary/aromatic N) is 3.